The zero-order valence-corrected chi connectivity index (χ0v) is 14.9. The summed E-state index contributed by atoms with van der Waals surface area (Å²) in [4.78, 5) is 9.18. The Morgan fingerprint density at radius 2 is 1.65 bits per heavy atom. The summed E-state index contributed by atoms with van der Waals surface area (Å²) >= 11 is 0. The molecule has 3 aromatic heterocycles. The molecule has 0 aliphatic heterocycles. The summed E-state index contributed by atoms with van der Waals surface area (Å²) in [6.45, 7) is 7.74. The van der Waals surface area contributed by atoms with Gasteiger partial charge in [-0.2, -0.15) is 13.2 Å². The van der Waals surface area contributed by atoms with Gasteiger partial charge in [0, 0.05) is 22.7 Å². The number of imidazole rings is 1. The molecular weight excluding hydrogens is 339 g/mol. The Morgan fingerprint density at radius 3 is 2.31 bits per heavy atom. The van der Waals surface area contributed by atoms with Gasteiger partial charge in [0.25, 0.3) is 0 Å². The fraction of sp³-hybridized carbons (Fsp3) is 0.300. The molecule has 0 radical (unpaired) electrons. The van der Waals surface area contributed by atoms with Gasteiger partial charge in [-0.15, -0.1) is 0 Å². The number of pyridine rings is 2. The van der Waals surface area contributed by atoms with E-state index < -0.39 is 11.7 Å². The van der Waals surface area contributed by atoms with E-state index in [1.807, 2.05) is 28.8 Å². The molecule has 0 N–H and O–H groups in total. The third-order valence-electron chi connectivity index (χ3n) is 4.66. The quantitative estimate of drug-likeness (QED) is 0.406. The van der Waals surface area contributed by atoms with Crippen LogP contribution in [0.25, 0.3) is 27.6 Å². The highest BCUT2D eigenvalue weighted by molar-refractivity contribution is 5.96. The van der Waals surface area contributed by atoms with Gasteiger partial charge in [-0.05, 0) is 42.8 Å². The lowest BCUT2D eigenvalue weighted by molar-refractivity contribution is -0.137. The maximum absolute atomic E-state index is 13.2. The third kappa shape index (κ3) is 2.52. The predicted molar refractivity (Wildman–Crippen MR) is 96.4 cm³/mol. The van der Waals surface area contributed by atoms with E-state index in [1.165, 1.54) is 6.92 Å². The highest BCUT2D eigenvalue weighted by Crippen LogP contribution is 2.35. The van der Waals surface area contributed by atoms with Crippen molar-refractivity contribution in [1.29, 1.82) is 0 Å². The van der Waals surface area contributed by atoms with Gasteiger partial charge in [-0.3, -0.25) is 9.38 Å². The van der Waals surface area contributed by atoms with Crippen LogP contribution in [-0.2, 0) is 11.6 Å². The normalized spacial score (nSPS) is 13.2. The summed E-state index contributed by atoms with van der Waals surface area (Å²) in [5, 5.41) is 0.822. The van der Waals surface area contributed by atoms with Crippen LogP contribution in [0, 0.1) is 6.92 Å². The van der Waals surface area contributed by atoms with Gasteiger partial charge >= 0.3 is 6.18 Å². The van der Waals surface area contributed by atoms with Gasteiger partial charge < -0.3 is 0 Å². The van der Waals surface area contributed by atoms with Crippen LogP contribution in [0.2, 0.25) is 0 Å². The van der Waals surface area contributed by atoms with Gasteiger partial charge in [0.15, 0.2) is 0 Å². The molecular formula is C20H18F3N3. The minimum atomic E-state index is -4.39. The number of alkyl halides is 3. The Kier molecular flexibility index (Phi) is 3.36. The van der Waals surface area contributed by atoms with Gasteiger partial charge in [0.1, 0.15) is 5.65 Å². The molecule has 4 rings (SSSR count). The van der Waals surface area contributed by atoms with Crippen LogP contribution in [0.15, 0.2) is 36.5 Å². The average Bonchev–Trinajstić information content (AvgIpc) is 2.89. The molecule has 0 fully saturated rings. The van der Waals surface area contributed by atoms with E-state index >= 15 is 0 Å². The number of halogens is 3. The van der Waals surface area contributed by atoms with E-state index in [-0.39, 0.29) is 11.0 Å². The minimum Gasteiger partial charge on any atom is -0.299 e. The summed E-state index contributed by atoms with van der Waals surface area (Å²) < 4.78 is 41.4. The molecule has 0 aliphatic carbocycles. The van der Waals surface area contributed by atoms with Crippen LogP contribution in [0.4, 0.5) is 13.2 Å². The number of rotatable bonds is 0. The first-order chi connectivity index (χ1) is 12.1. The Labute approximate surface area is 148 Å². The number of aromatic nitrogens is 3. The lowest BCUT2D eigenvalue weighted by Crippen LogP contribution is -2.13. The van der Waals surface area contributed by atoms with E-state index in [9.17, 15) is 13.2 Å². The summed E-state index contributed by atoms with van der Waals surface area (Å²) in [5.41, 5.74) is 2.80. The standard InChI is InChI=1S/C20H18F3N3/c1-11-9-16-15(10-13(11)20(21,22)23)25-18-12-5-6-17(19(2,3)4)24-14(12)7-8-26(16)18/h5-10H,1-4H3. The zero-order chi connectivity index (χ0) is 18.9. The van der Waals surface area contributed by atoms with Crippen LogP contribution in [0.5, 0.6) is 0 Å². The van der Waals surface area contributed by atoms with E-state index in [2.05, 4.69) is 25.8 Å². The largest absolute Gasteiger partial charge is 0.416 e. The molecule has 0 unspecified atom stereocenters. The lowest BCUT2D eigenvalue weighted by Gasteiger charge is -2.18. The molecule has 26 heavy (non-hydrogen) atoms. The van der Waals surface area contributed by atoms with Gasteiger partial charge in [-0.25, -0.2) is 4.98 Å². The van der Waals surface area contributed by atoms with E-state index in [4.69, 9.17) is 4.98 Å². The maximum atomic E-state index is 13.2. The van der Waals surface area contributed by atoms with Crippen molar-refractivity contribution in [2.24, 2.45) is 0 Å². The molecule has 0 saturated heterocycles. The van der Waals surface area contributed by atoms with E-state index in [1.54, 1.807) is 6.07 Å². The summed E-state index contributed by atoms with van der Waals surface area (Å²) in [6, 6.07) is 8.45. The van der Waals surface area contributed by atoms with Crippen LogP contribution < -0.4 is 0 Å². The second kappa shape index (κ2) is 5.19. The number of hydrogen-bond donors (Lipinski definition) is 0. The fourth-order valence-corrected chi connectivity index (χ4v) is 3.25. The Hall–Kier alpha value is -2.63. The van der Waals surface area contributed by atoms with Crippen LogP contribution in [-0.4, -0.2) is 14.4 Å². The Morgan fingerprint density at radius 1 is 0.923 bits per heavy atom. The van der Waals surface area contributed by atoms with Crippen molar-refractivity contribution in [2.45, 2.75) is 39.3 Å². The van der Waals surface area contributed by atoms with Crippen LogP contribution in [0.3, 0.4) is 0 Å². The molecule has 0 atom stereocenters. The molecule has 3 nitrogen and oxygen atoms in total. The predicted octanol–water partition coefficient (Wildman–Crippen LogP) is 5.66. The Bertz CT molecular complexity index is 1160. The van der Waals surface area contributed by atoms with Crippen LogP contribution in [0.1, 0.15) is 37.6 Å². The first-order valence-corrected chi connectivity index (χ1v) is 8.35. The minimum absolute atomic E-state index is 0.0842. The maximum Gasteiger partial charge on any atom is 0.416 e. The lowest BCUT2D eigenvalue weighted by atomic mass is 9.91. The summed E-state index contributed by atoms with van der Waals surface area (Å²) in [5.74, 6) is 0. The van der Waals surface area contributed by atoms with Crippen molar-refractivity contribution < 1.29 is 13.2 Å². The van der Waals surface area contributed by atoms with Crippen molar-refractivity contribution in [3.8, 4) is 0 Å². The van der Waals surface area contributed by atoms with Crippen LogP contribution >= 0.6 is 0 Å². The highest BCUT2D eigenvalue weighted by Gasteiger charge is 2.33. The van der Waals surface area contributed by atoms with E-state index in [0.717, 1.165) is 22.7 Å². The number of benzene rings is 1. The number of nitrogens with zero attached hydrogens (tertiary/aromatic N) is 3. The average molecular weight is 357 g/mol. The number of hydrogen-bond acceptors (Lipinski definition) is 2. The van der Waals surface area contributed by atoms with Crippen molar-refractivity contribution in [1.82, 2.24) is 14.4 Å². The molecule has 6 heteroatoms. The summed E-state index contributed by atoms with van der Waals surface area (Å²) in [7, 11) is 0. The number of fused-ring (bicyclic) bond motifs is 5. The molecule has 134 valence electrons. The van der Waals surface area contributed by atoms with Crippen molar-refractivity contribution >= 4 is 27.6 Å². The van der Waals surface area contributed by atoms with Crippen molar-refractivity contribution in [3.63, 3.8) is 0 Å². The first-order valence-electron chi connectivity index (χ1n) is 8.35. The molecule has 4 aromatic rings. The van der Waals surface area contributed by atoms with Gasteiger partial charge in [0.05, 0.1) is 22.1 Å². The molecule has 0 saturated carbocycles. The molecule has 1 aromatic carbocycles. The molecule has 0 amide bonds. The van der Waals surface area contributed by atoms with Gasteiger partial charge in [-0.1, -0.05) is 20.8 Å². The zero-order valence-electron chi connectivity index (χ0n) is 14.9. The van der Waals surface area contributed by atoms with Crippen molar-refractivity contribution in [3.05, 3.63) is 53.3 Å². The van der Waals surface area contributed by atoms with Gasteiger partial charge in [0.2, 0.25) is 0 Å². The summed E-state index contributed by atoms with van der Waals surface area (Å²) in [6.07, 6.45) is -2.57. The highest BCUT2D eigenvalue weighted by atomic mass is 19.4. The van der Waals surface area contributed by atoms with Crippen molar-refractivity contribution in [2.75, 3.05) is 0 Å². The molecule has 0 aliphatic rings. The fourth-order valence-electron chi connectivity index (χ4n) is 3.25. The second-order valence-corrected chi connectivity index (χ2v) is 7.65. The second-order valence-electron chi connectivity index (χ2n) is 7.65. The molecule has 0 bridgehead atoms. The SMILES string of the molecule is Cc1cc2c(cc1C(F)(F)F)nc1c3ccc(C(C)(C)C)nc3ccn21. The molecule has 3 heterocycles. The number of aryl methyl sites for hydroxylation is 1. The van der Waals surface area contributed by atoms with E-state index in [0.29, 0.717) is 16.7 Å². The molecule has 0 spiro atoms. The third-order valence-corrected chi connectivity index (χ3v) is 4.66. The Balaban J connectivity index is 2.04. The monoisotopic (exact) mass is 357 g/mol. The smallest absolute Gasteiger partial charge is 0.299 e. The topological polar surface area (TPSA) is 30.2 Å². The first kappa shape index (κ1) is 16.8.